The highest BCUT2D eigenvalue weighted by Crippen LogP contribution is 2.44. The summed E-state index contributed by atoms with van der Waals surface area (Å²) in [7, 11) is 0. The quantitative estimate of drug-likeness (QED) is 0.888. The zero-order chi connectivity index (χ0) is 16.3. The van der Waals surface area contributed by atoms with Crippen molar-refractivity contribution in [1.82, 2.24) is 0 Å². The van der Waals surface area contributed by atoms with Crippen LogP contribution in [0.4, 0.5) is 10.1 Å². The first-order valence-electron chi connectivity index (χ1n) is 7.91. The van der Waals surface area contributed by atoms with Gasteiger partial charge in [0, 0.05) is 12.3 Å². The molecule has 0 heterocycles. The number of aliphatic hydroxyl groups is 1. The smallest absolute Gasteiger partial charge is 0.235 e. The van der Waals surface area contributed by atoms with Gasteiger partial charge in [0.15, 0.2) is 0 Å². The lowest BCUT2D eigenvalue weighted by molar-refractivity contribution is -0.124. The first kappa shape index (κ1) is 15.7. The maximum atomic E-state index is 13.5. The molecular weight excluding hydrogens is 293 g/mol. The first-order valence-corrected chi connectivity index (χ1v) is 7.91. The van der Waals surface area contributed by atoms with Gasteiger partial charge in [-0.2, -0.15) is 0 Å². The van der Waals surface area contributed by atoms with Crippen LogP contribution in [-0.4, -0.2) is 17.6 Å². The molecule has 0 saturated heterocycles. The molecule has 0 aliphatic heterocycles. The monoisotopic (exact) mass is 313 g/mol. The van der Waals surface area contributed by atoms with Gasteiger partial charge in [-0.25, -0.2) is 4.39 Å². The Morgan fingerprint density at radius 2 is 1.91 bits per heavy atom. The first-order chi connectivity index (χ1) is 11.1. The van der Waals surface area contributed by atoms with E-state index in [0.29, 0.717) is 6.42 Å². The molecule has 0 atom stereocenters. The molecule has 0 radical (unpaired) electrons. The van der Waals surface area contributed by atoms with Crippen molar-refractivity contribution in [3.05, 3.63) is 65.5 Å². The van der Waals surface area contributed by atoms with Crippen molar-refractivity contribution in [1.29, 1.82) is 0 Å². The van der Waals surface area contributed by atoms with Crippen molar-refractivity contribution in [2.45, 2.75) is 31.1 Å². The Hall–Kier alpha value is -2.20. The molecule has 2 N–H and O–H groups in total. The topological polar surface area (TPSA) is 49.3 Å². The van der Waals surface area contributed by atoms with E-state index in [1.54, 1.807) is 6.07 Å². The summed E-state index contributed by atoms with van der Waals surface area (Å²) in [6.07, 6.45) is 3.05. The van der Waals surface area contributed by atoms with Crippen LogP contribution in [0.3, 0.4) is 0 Å². The van der Waals surface area contributed by atoms with E-state index < -0.39 is 5.41 Å². The molecule has 1 saturated carbocycles. The van der Waals surface area contributed by atoms with Crippen molar-refractivity contribution in [2.24, 2.45) is 0 Å². The van der Waals surface area contributed by atoms with E-state index in [4.69, 9.17) is 5.11 Å². The number of carbonyl (C=O) groups is 1. The van der Waals surface area contributed by atoms with Gasteiger partial charge in [0.2, 0.25) is 5.91 Å². The summed E-state index contributed by atoms with van der Waals surface area (Å²) in [4.78, 5) is 12.8. The fourth-order valence-corrected chi connectivity index (χ4v) is 3.10. The van der Waals surface area contributed by atoms with Crippen LogP contribution in [0.2, 0.25) is 0 Å². The van der Waals surface area contributed by atoms with E-state index in [0.717, 1.165) is 36.1 Å². The second-order valence-electron chi connectivity index (χ2n) is 6.07. The molecule has 3 rings (SSSR count). The van der Waals surface area contributed by atoms with E-state index in [9.17, 15) is 9.18 Å². The molecule has 3 nitrogen and oxygen atoms in total. The van der Waals surface area contributed by atoms with E-state index >= 15 is 0 Å². The number of halogens is 1. The second kappa shape index (κ2) is 6.50. The van der Waals surface area contributed by atoms with Crippen LogP contribution in [-0.2, 0) is 16.6 Å². The Morgan fingerprint density at radius 3 is 2.48 bits per heavy atom. The number of amides is 1. The summed E-state index contributed by atoms with van der Waals surface area (Å²) in [6, 6.07) is 13.8. The van der Waals surface area contributed by atoms with E-state index in [2.05, 4.69) is 5.32 Å². The van der Waals surface area contributed by atoms with Gasteiger partial charge in [0.1, 0.15) is 5.82 Å². The van der Waals surface area contributed by atoms with Crippen molar-refractivity contribution >= 4 is 11.6 Å². The molecule has 1 aliphatic carbocycles. The van der Waals surface area contributed by atoms with E-state index in [1.165, 1.54) is 12.1 Å². The lowest BCUT2D eigenvalue weighted by atomic mass is 9.63. The molecule has 0 unspecified atom stereocenters. The van der Waals surface area contributed by atoms with Crippen molar-refractivity contribution < 1.29 is 14.3 Å². The average Bonchev–Trinajstić information content (AvgIpc) is 2.48. The van der Waals surface area contributed by atoms with Gasteiger partial charge >= 0.3 is 0 Å². The highest BCUT2D eigenvalue weighted by Gasteiger charge is 2.45. The summed E-state index contributed by atoms with van der Waals surface area (Å²) in [5, 5.41) is 11.9. The third-order valence-corrected chi connectivity index (χ3v) is 4.63. The van der Waals surface area contributed by atoms with Crippen LogP contribution in [0, 0.1) is 5.82 Å². The molecule has 0 aromatic heterocycles. The molecule has 120 valence electrons. The lowest BCUT2D eigenvalue weighted by Crippen LogP contribution is -2.46. The van der Waals surface area contributed by atoms with E-state index in [1.807, 2.05) is 30.3 Å². The molecule has 1 fully saturated rings. The second-order valence-corrected chi connectivity index (χ2v) is 6.07. The molecule has 1 amide bonds. The van der Waals surface area contributed by atoms with Crippen molar-refractivity contribution in [3.63, 3.8) is 0 Å². The molecule has 0 spiro atoms. The summed E-state index contributed by atoms with van der Waals surface area (Å²) >= 11 is 0. The maximum Gasteiger partial charge on any atom is 0.235 e. The Balaban J connectivity index is 1.78. The summed E-state index contributed by atoms with van der Waals surface area (Å²) in [5.41, 5.74) is 1.87. The maximum absolute atomic E-state index is 13.5. The molecule has 4 heteroatoms. The zero-order valence-electron chi connectivity index (χ0n) is 12.9. The van der Waals surface area contributed by atoms with E-state index in [-0.39, 0.29) is 18.3 Å². The number of hydrogen-bond donors (Lipinski definition) is 2. The lowest BCUT2D eigenvalue weighted by Gasteiger charge is -2.40. The van der Waals surface area contributed by atoms with Crippen molar-refractivity contribution in [2.75, 3.05) is 11.9 Å². The molecule has 1 aliphatic rings. The number of rotatable bonds is 5. The van der Waals surface area contributed by atoms with Gasteiger partial charge in [-0.1, -0.05) is 30.7 Å². The highest BCUT2D eigenvalue weighted by atomic mass is 19.1. The third-order valence-electron chi connectivity index (χ3n) is 4.63. The van der Waals surface area contributed by atoms with Crippen LogP contribution in [0.15, 0.2) is 48.5 Å². The minimum absolute atomic E-state index is 0.0794. The molecule has 2 aromatic carbocycles. The highest BCUT2D eigenvalue weighted by molar-refractivity contribution is 5.99. The Morgan fingerprint density at radius 1 is 1.17 bits per heavy atom. The van der Waals surface area contributed by atoms with Crippen LogP contribution in [0.1, 0.15) is 30.4 Å². The molecule has 23 heavy (non-hydrogen) atoms. The number of hydrogen-bond acceptors (Lipinski definition) is 2. The molecule has 2 aromatic rings. The predicted octanol–water partition coefficient (Wildman–Crippen LogP) is 3.42. The summed E-state index contributed by atoms with van der Waals surface area (Å²) < 4.78 is 13.5. The minimum atomic E-state index is -0.619. The normalized spacial score (nSPS) is 15.7. The number of benzene rings is 2. The van der Waals surface area contributed by atoms with Gasteiger partial charge in [0.05, 0.1) is 5.41 Å². The summed E-state index contributed by atoms with van der Waals surface area (Å²) in [6.45, 7) is 0.106. The van der Waals surface area contributed by atoms with Crippen LogP contribution in [0.5, 0.6) is 0 Å². The van der Waals surface area contributed by atoms with Gasteiger partial charge in [-0.15, -0.1) is 0 Å². The summed E-state index contributed by atoms with van der Waals surface area (Å²) in [5.74, 6) is -0.390. The fourth-order valence-electron chi connectivity index (χ4n) is 3.10. The van der Waals surface area contributed by atoms with Crippen LogP contribution in [0.25, 0.3) is 0 Å². The number of aliphatic hydroxyl groups excluding tert-OH is 1. The van der Waals surface area contributed by atoms with Gasteiger partial charge in [-0.3, -0.25) is 4.79 Å². The number of carbonyl (C=O) groups excluding carboxylic acids is 1. The minimum Gasteiger partial charge on any atom is -0.396 e. The van der Waals surface area contributed by atoms with Gasteiger partial charge in [-0.05, 0) is 54.7 Å². The van der Waals surface area contributed by atoms with Crippen molar-refractivity contribution in [3.8, 4) is 0 Å². The number of anilines is 1. The average molecular weight is 313 g/mol. The van der Waals surface area contributed by atoms with Crippen LogP contribution < -0.4 is 5.32 Å². The third kappa shape index (κ3) is 3.13. The molecule has 0 bridgehead atoms. The Labute approximate surface area is 135 Å². The van der Waals surface area contributed by atoms with Crippen LogP contribution >= 0.6 is 0 Å². The largest absolute Gasteiger partial charge is 0.396 e. The van der Waals surface area contributed by atoms with Gasteiger partial charge < -0.3 is 10.4 Å². The fraction of sp³-hybridized carbons (Fsp3) is 0.316. The standard InChI is InChI=1S/C19H20FNO2/c20-16-4-1-3-15(13-16)19(10-2-11-19)18(23)21-17-7-5-14(6-8-17)9-12-22/h1,3-8,13,22H,2,9-12H2,(H,21,23). The van der Waals surface area contributed by atoms with Gasteiger partial charge in [0.25, 0.3) is 0 Å². The molecular formula is C19H20FNO2. The predicted molar refractivity (Wildman–Crippen MR) is 87.8 cm³/mol. The Kier molecular flexibility index (Phi) is 4.44. The zero-order valence-corrected chi connectivity index (χ0v) is 12.9. The number of nitrogens with one attached hydrogen (secondary N) is 1. The SMILES string of the molecule is O=C(Nc1ccc(CCO)cc1)C1(c2cccc(F)c2)CCC1. The Bertz CT molecular complexity index is 693.